The first-order chi connectivity index (χ1) is 9.68. The molecule has 0 unspecified atom stereocenters. The molecule has 0 aliphatic heterocycles. The fourth-order valence-electron chi connectivity index (χ4n) is 2.42. The molecule has 108 valence electrons. The SMILES string of the molecule is CC(C)CCCNCCn1ccc(=O)c2ccccc21. The van der Waals surface area contributed by atoms with E-state index >= 15 is 0 Å². The van der Waals surface area contributed by atoms with Gasteiger partial charge >= 0.3 is 0 Å². The Morgan fingerprint density at radius 3 is 2.75 bits per heavy atom. The van der Waals surface area contributed by atoms with Crippen molar-refractivity contribution in [1.82, 2.24) is 9.88 Å². The zero-order valence-corrected chi connectivity index (χ0v) is 12.4. The average Bonchev–Trinajstić information content (AvgIpc) is 2.45. The Labute approximate surface area is 120 Å². The summed E-state index contributed by atoms with van der Waals surface area (Å²) in [6, 6.07) is 9.45. The first-order valence-corrected chi connectivity index (χ1v) is 7.47. The standard InChI is InChI=1S/C17H24N2O/c1-14(2)6-5-10-18-11-13-19-12-9-17(20)15-7-3-4-8-16(15)19/h3-4,7-9,12,14,18H,5-6,10-11,13H2,1-2H3. The molecular weight excluding hydrogens is 248 g/mol. The molecular formula is C17H24N2O. The number of hydrogen-bond acceptors (Lipinski definition) is 2. The number of para-hydroxylation sites is 1. The Bertz CT molecular complexity index is 601. The molecule has 0 aliphatic rings. The van der Waals surface area contributed by atoms with Gasteiger partial charge in [0, 0.05) is 30.7 Å². The summed E-state index contributed by atoms with van der Waals surface area (Å²) in [5.74, 6) is 0.778. The van der Waals surface area contributed by atoms with Crippen LogP contribution in [0.15, 0.2) is 41.3 Å². The topological polar surface area (TPSA) is 34.0 Å². The summed E-state index contributed by atoms with van der Waals surface area (Å²) < 4.78 is 2.15. The number of benzene rings is 1. The smallest absolute Gasteiger partial charge is 0.189 e. The molecule has 1 N–H and O–H groups in total. The van der Waals surface area contributed by atoms with Crippen molar-refractivity contribution in [1.29, 1.82) is 0 Å². The van der Waals surface area contributed by atoms with E-state index in [2.05, 4.69) is 23.7 Å². The van der Waals surface area contributed by atoms with Gasteiger partial charge < -0.3 is 9.88 Å². The highest BCUT2D eigenvalue weighted by atomic mass is 16.1. The lowest BCUT2D eigenvalue weighted by atomic mass is 10.1. The van der Waals surface area contributed by atoms with Crippen molar-refractivity contribution in [2.24, 2.45) is 5.92 Å². The van der Waals surface area contributed by atoms with Crippen molar-refractivity contribution in [3.63, 3.8) is 0 Å². The van der Waals surface area contributed by atoms with E-state index in [4.69, 9.17) is 0 Å². The Morgan fingerprint density at radius 2 is 1.95 bits per heavy atom. The highest BCUT2D eigenvalue weighted by molar-refractivity contribution is 5.78. The first kappa shape index (κ1) is 14.8. The predicted octanol–water partition coefficient (Wildman–Crippen LogP) is 3.03. The van der Waals surface area contributed by atoms with Crippen molar-refractivity contribution >= 4 is 10.9 Å². The van der Waals surface area contributed by atoms with Crippen molar-refractivity contribution in [2.45, 2.75) is 33.2 Å². The first-order valence-electron chi connectivity index (χ1n) is 7.47. The van der Waals surface area contributed by atoms with Crippen molar-refractivity contribution < 1.29 is 0 Å². The van der Waals surface area contributed by atoms with Crippen molar-refractivity contribution in [3.05, 3.63) is 46.8 Å². The molecule has 0 saturated heterocycles. The molecule has 0 saturated carbocycles. The molecule has 3 nitrogen and oxygen atoms in total. The molecule has 0 radical (unpaired) electrons. The average molecular weight is 272 g/mol. The van der Waals surface area contributed by atoms with Gasteiger partial charge in [0.25, 0.3) is 0 Å². The maximum Gasteiger partial charge on any atom is 0.189 e. The molecule has 0 spiro atoms. The van der Waals surface area contributed by atoms with Crippen LogP contribution in [0.3, 0.4) is 0 Å². The summed E-state index contributed by atoms with van der Waals surface area (Å²) in [6.07, 6.45) is 4.39. The molecule has 3 heteroatoms. The number of fused-ring (bicyclic) bond motifs is 1. The largest absolute Gasteiger partial charge is 0.346 e. The fourth-order valence-corrected chi connectivity index (χ4v) is 2.42. The second-order valence-corrected chi connectivity index (χ2v) is 5.68. The van der Waals surface area contributed by atoms with Crippen LogP contribution in [0.25, 0.3) is 10.9 Å². The minimum atomic E-state index is 0.0988. The second-order valence-electron chi connectivity index (χ2n) is 5.68. The Kier molecular flexibility index (Phi) is 5.36. The zero-order chi connectivity index (χ0) is 14.4. The normalized spacial score (nSPS) is 11.3. The van der Waals surface area contributed by atoms with Gasteiger partial charge in [-0.2, -0.15) is 0 Å². The molecule has 0 amide bonds. The third-order valence-corrected chi connectivity index (χ3v) is 3.55. The van der Waals surface area contributed by atoms with Gasteiger partial charge in [0.2, 0.25) is 0 Å². The summed E-state index contributed by atoms with van der Waals surface area (Å²) >= 11 is 0. The summed E-state index contributed by atoms with van der Waals surface area (Å²) in [4.78, 5) is 11.8. The summed E-state index contributed by atoms with van der Waals surface area (Å²) in [7, 11) is 0. The monoisotopic (exact) mass is 272 g/mol. The van der Waals surface area contributed by atoms with Crippen LogP contribution >= 0.6 is 0 Å². The highest BCUT2D eigenvalue weighted by Crippen LogP contribution is 2.08. The third kappa shape index (κ3) is 3.94. The van der Waals surface area contributed by atoms with Crippen LogP contribution in [0, 0.1) is 5.92 Å². The molecule has 2 aromatic rings. The fraction of sp³-hybridized carbons (Fsp3) is 0.471. The van der Waals surface area contributed by atoms with Crippen molar-refractivity contribution in [3.8, 4) is 0 Å². The summed E-state index contributed by atoms with van der Waals surface area (Å²) in [5, 5.41) is 4.27. The quantitative estimate of drug-likeness (QED) is 0.786. The lowest BCUT2D eigenvalue weighted by Crippen LogP contribution is -2.22. The number of nitrogens with one attached hydrogen (secondary N) is 1. The molecule has 2 rings (SSSR count). The molecule has 0 atom stereocenters. The maximum absolute atomic E-state index is 11.8. The number of hydrogen-bond donors (Lipinski definition) is 1. The van der Waals surface area contributed by atoms with Gasteiger partial charge in [-0.25, -0.2) is 0 Å². The van der Waals surface area contributed by atoms with Gasteiger partial charge in [0.1, 0.15) is 0 Å². The molecule has 0 fully saturated rings. The number of rotatable bonds is 7. The zero-order valence-electron chi connectivity index (χ0n) is 12.4. The third-order valence-electron chi connectivity index (χ3n) is 3.55. The van der Waals surface area contributed by atoms with E-state index < -0.39 is 0 Å². The van der Waals surface area contributed by atoms with Crippen LogP contribution in [0.2, 0.25) is 0 Å². The van der Waals surface area contributed by atoms with Gasteiger partial charge in [0.05, 0.1) is 5.52 Å². The molecule has 1 aromatic heterocycles. The lowest BCUT2D eigenvalue weighted by Gasteiger charge is -2.11. The lowest BCUT2D eigenvalue weighted by molar-refractivity contribution is 0.517. The van der Waals surface area contributed by atoms with E-state index in [0.29, 0.717) is 0 Å². The number of aromatic nitrogens is 1. The van der Waals surface area contributed by atoms with Crippen LogP contribution < -0.4 is 10.7 Å². The van der Waals surface area contributed by atoms with Gasteiger partial charge in [-0.1, -0.05) is 26.0 Å². The van der Waals surface area contributed by atoms with Crippen LogP contribution in [-0.4, -0.2) is 17.7 Å². The number of nitrogens with zero attached hydrogens (tertiary/aromatic N) is 1. The minimum Gasteiger partial charge on any atom is -0.346 e. The van der Waals surface area contributed by atoms with Crippen LogP contribution in [0.4, 0.5) is 0 Å². The van der Waals surface area contributed by atoms with E-state index in [1.807, 2.05) is 30.5 Å². The van der Waals surface area contributed by atoms with Crippen LogP contribution in [0.1, 0.15) is 26.7 Å². The second kappa shape index (κ2) is 7.25. The van der Waals surface area contributed by atoms with E-state index in [0.717, 1.165) is 36.5 Å². The Balaban J connectivity index is 1.91. The highest BCUT2D eigenvalue weighted by Gasteiger charge is 2.01. The van der Waals surface area contributed by atoms with E-state index in [-0.39, 0.29) is 5.43 Å². The van der Waals surface area contributed by atoms with Crippen LogP contribution in [-0.2, 0) is 6.54 Å². The van der Waals surface area contributed by atoms with Gasteiger partial charge in [0.15, 0.2) is 5.43 Å². The predicted molar refractivity (Wildman–Crippen MR) is 85.1 cm³/mol. The Hall–Kier alpha value is -1.61. The van der Waals surface area contributed by atoms with E-state index in [1.165, 1.54) is 12.8 Å². The van der Waals surface area contributed by atoms with E-state index in [1.54, 1.807) is 6.07 Å². The molecule has 0 aliphatic carbocycles. The maximum atomic E-state index is 11.8. The molecule has 0 bridgehead atoms. The van der Waals surface area contributed by atoms with Gasteiger partial charge in [-0.15, -0.1) is 0 Å². The van der Waals surface area contributed by atoms with Crippen molar-refractivity contribution in [2.75, 3.05) is 13.1 Å². The van der Waals surface area contributed by atoms with Crippen LogP contribution in [0.5, 0.6) is 0 Å². The van der Waals surface area contributed by atoms with Gasteiger partial charge in [-0.05, 0) is 37.4 Å². The molecule has 1 heterocycles. The van der Waals surface area contributed by atoms with E-state index in [9.17, 15) is 4.79 Å². The summed E-state index contributed by atoms with van der Waals surface area (Å²) in [5.41, 5.74) is 1.12. The minimum absolute atomic E-state index is 0.0988. The Morgan fingerprint density at radius 1 is 1.15 bits per heavy atom. The van der Waals surface area contributed by atoms with Gasteiger partial charge in [-0.3, -0.25) is 4.79 Å². The summed E-state index contributed by atoms with van der Waals surface area (Å²) in [6.45, 7) is 7.41. The molecule has 1 aromatic carbocycles. The molecule has 20 heavy (non-hydrogen) atoms. The number of pyridine rings is 1.